The van der Waals surface area contributed by atoms with Crippen LogP contribution in [0, 0.1) is 0 Å². The lowest BCUT2D eigenvalue weighted by molar-refractivity contribution is 0.392. The molecule has 21 heavy (non-hydrogen) atoms. The van der Waals surface area contributed by atoms with Gasteiger partial charge in [0.2, 0.25) is 0 Å². The number of rotatable bonds is 8. The number of aromatic nitrogens is 3. The van der Waals surface area contributed by atoms with Crippen molar-refractivity contribution in [3.05, 3.63) is 42.0 Å². The van der Waals surface area contributed by atoms with Crippen LogP contribution in [0.5, 0.6) is 5.75 Å². The molecular formula is C16H24N4O. The van der Waals surface area contributed by atoms with Crippen LogP contribution in [-0.4, -0.2) is 28.4 Å². The third kappa shape index (κ3) is 4.04. The quantitative estimate of drug-likeness (QED) is 0.811. The number of nitrogens with one attached hydrogen (secondary N) is 1. The van der Waals surface area contributed by atoms with E-state index >= 15 is 0 Å². The maximum atomic E-state index is 5.45. The zero-order chi connectivity index (χ0) is 15.1. The molecule has 1 N–H and O–H groups in total. The second-order valence-electron chi connectivity index (χ2n) is 5.11. The second kappa shape index (κ2) is 7.78. The first-order chi connectivity index (χ1) is 10.3. The molecule has 0 fully saturated rings. The highest BCUT2D eigenvalue weighted by Crippen LogP contribution is 2.27. The number of hydrogen-bond donors (Lipinski definition) is 1. The third-order valence-electron chi connectivity index (χ3n) is 3.66. The number of methoxy groups -OCH3 is 1. The van der Waals surface area contributed by atoms with Gasteiger partial charge in [0.15, 0.2) is 0 Å². The molecule has 0 aliphatic heterocycles. The summed E-state index contributed by atoms with van der Waals surface area (Å²) in [4.78, 5) is 4.14. The number of pyridine rings is 1. The van der Waals surface area contributed by atoms with Crippen LogP contribution < -0.4 is 10.1 Å². The van der Waals surface area contributed by atoms with Gasteiger partial charge in [-0.05, 0) is 37.9 Å². The zero-order valence-electron chi connectivity index (χ0n) is 13.0. The Hall–Kier alpha value is -1.88. The van der Waals surface area contributed by atoms with E-state index in [0.29, 0.717) is 0 Å². The largest absolute Gasteiger partial charge is 0.495 e. The first-order valence-corrected chi connectivity index (χ1v) is 7.44. The van der Waals surface area contributed by atoms with Gasteiger partial charge < -0.3 is 10.1 Å². The first kappa shape index (κ1) is 15.5. The van der Waals surface area contributed by atoms with Gasteiger partial charge in [0.25, 0.3) is 0 Å². The zero-order valence-corrected chi connectivity index (χ0v) is 13.0. The third-order valence-corrected chi connectivity index (χ3v) is 3.66. The van der Waals surface area contributed by atoms with Gasteiger partial charge in [-0.2, -0.15) is 5.10 Å². The molecule has 1 atom stereocenters. The van der Waals surface area contributed by atoms with Gasteiger partial charge in [0.05, 0.1) is 13.3 Å². The van der Waals surface area contributed by atoms with Crippen LogP contribution in [0.25, 0.3) is 0 Å². The van der Waals surface area contributed by atoms with E-state index in [1.807, 2.05) is 30.2 Å². The minimum atomic E-state index is 0.262. The molecule has 0 aliphatic carbocycles. The Balaban J connectivity index is 2.12. The molecule has 114 valence electrons. The lowest BCUT2D eigenvalue weighted by Crippen LogP contribution is -2.23. The molecule has 0 saturated heterocycles. The SMILES string of the molecule is CCCNC(CCc1ccnn1C)c1ccncc1OC. The van der Waals surface area contributed by atoms with Gasteiger partial charge >= 0.3 is 0 Å². The molecule has 2 aromatic heterocycles. The van der Waals surface area contributed by atoms with Crippen molar-refractivity contribution in [3.8, 4) is 5.75 Å². The van der Waals surface area contributed by atoms with E-state index in [9.17, 15) is 0 Å². The second-order valence-corrected chi connectivity index (χ2v) is 5.11. The molecule has 0 bridgehead atoms. The number of nitrogens with zero attached hydrogens (tertiary/aromatic N) is 3. The normalized spacial score (nSPS) is 12.3. The predicted octanol–water partition coefficient (Wildman–Crippen LogP) is 2.50. The molecule has 2 heterocycles. The van der Waals surface area contributed by atoms with E-state index in [1.54, 1.807) is 13.3 Å². The van der Waals surface area contributed by atoms with Crippen molar-refractivity contribution >= 4 is 0 Å². The van der Waals surface area contributed by atoms with E-state index in [-0.39, 0.29) is 6.04 Å². The van der Waals surface area contributed by atoms with Crippen LogP contribution in [0.2, 0.25) is 0 Å². The molecule has 2 rings (SSSR count). The summed E-state index contributed by atoms with van der Waals surface area (Å²) >= 11 is 0. The Labute approximate surface area is 126 Å². The minimum absolute atomic E-state index is 0.262. The summed E-state index contributed by atoms with van der Waals surface area (Å²) < 4.78 is 7.38. The number of hydrogen-bond acceptors (Lipinski definition) is 4. The monoisotopic (exact) mass is 288 g/mol. The first-order valence-electron chi connectivity index (χ1n) is 7.44. The highest BCUT2D eigenvalue weighted by atomic mass is 16.5. The van der Waals surface area contributed by atoms with Crippen molar-refractivity contribution in [3.63, 3.8) is 0 Å². The van der Waals surface area contributed by atoms with Crippen molar-refractivity contribution in [1.82, 2.24) is 20.1 Å². The van der Waals surface area contributed by atoms with Crippen molar-refractivity contribution in [1.29, 1.82) is 0 Å². The minimum Gasteiger partial charge on any atom is -0.495 e. The van der Waals surface area contributed by atoms with E-state index in [2.05, 4.69) is 28.4 Å². The number of ether oxygens (including phenoxy) is 1. The van der Waals surface area contributed by atoms with E-state index in [4.69, 9.17) is 4.74 Å². The van der Waals surface area contributed by atoms with E-state index in [0.717, 1.165) is 31.6 Å². The van der Waals surface area contributed by atoms with Crippen LogP contribution in [0.4, 0.5) is 0 Å². The maximum Gasteiger partial charge on any atom is 0.141 e. The average molecular weight is 288 g/mol. The van der Waals surface area contributed by atoms with Crippen molar-refractivity contribution < 1.29 is 4.74 Å². The predicted molar refractivity (Wildman–Crippen MR) is 83.4 cm³/mol. The fraction of sp³-hybridized carbons (Fsp3) is 0.500. The fourth-order valence-electron chi connectivity index (χ4n) is 2.47. The molecule has 1 unspecified atom stereocenters. The summed E-state index contributed by atoms with van der Waals surface area (Å²) in [5.74, 6) is 0.844. The molecule has 0 spiro atoms. The van der Waals surface area contributed by atoms with Gasteiger partial charge in [0.1, 0.15) is 5.75 Å². The molecular weight excluding hydrogens is 264 g/mol. The van der Waals surface area contributed by atoms with Gasteiger partial charge in [-0.25, -0.2) is 0 Å². The molecule has 0 aliphatic rings. The van der Waals surface area contributed by atoms with Crippen LogP contribution in [0.3, 0.4) is 0 Å². The van der Waals surface area contributed by atoms with Crippen LogP contribution in [-0.2, 0) is 13.5 Å². The van der Waals surface area contributed by atoms with Crippen molar-refractivity contribution in [2.45, 2.75) is 32.2 Å². The summed E-state index contributed by atoms with van der Waals surface area (Å²) in [7, 11) is 3.68. The van der Waals surface area contributed by atoms with Crippen LogP contribution >= 0.6 is 0 Å². The lowest BCUT2D eigenvalue weighted by atomic mass is 10.0. The Morgan fingerprint density at radius 2 is 2.19 bits per heavy atom. The smallest absolute Gasteiger partial charge is 0.141 e. The Morgan fingerprint density at radius 1 is 1.33 bits per heavy atom. The van der Waals surface area contributed by atoms with E-state index in [1.165, 1.54) is 11.3 Å². The topological polar surface area (TPSA) is 52.0 Å². The number of aryl methyl sites for hydroxylation is 2. The Kier molecular flexibility index (Phi) is 5.75. The summed E-state index contributed by atoms with van der Waals surface area (Å²) in [6.07, 6.45) is 8.53. The standard InChI is InChI=1S/C16H24N4O/c1-4-9-18-15(6-5-13-7-11-19-20(13)2)14-8-10-17-12-16(14)21-3/h7-8,10-12,15,18H,4-6,9H2,1-3H3. The summed E-state index contributed by atoms with van der Waals surface area (Å²) in [5.41, 5.74) is 2.41. The molecule has 5 heteroatoms. The van der Waals surface area contributed by atoms with E-state index < -0.39 is 0 Å². The molecule has 2 aromatic rings. The summed E-state index contributed by atoms with van der Waals surface area (Å²) in [6, 6.07) is 4.37. The fourth-order valence-corrected chi connectivity index (χ4v) is 2.47. The molecule has 0 saturated carbocycles. The molecule has 0 radical (unpaired) electrons. The molecule has 0 amide bonds. The molecule has 5 nitrogen and oxygen atoms in total. The van der Waals surface area contributed by atoms with Gasteiger partial charge in [-0.1, -0.05) is 6.92 Å². The van der Waals surface area contributed by atoms with Gasteiger partial charge in [0, 0.05) is 36.7 Å². The van der Waals surface area contributed by atoms with Crippen LogP contribution in [0.1, 0.15) is 37.1 Å². The Bertz CT molecular complexity index is 553. The summed E-state index contributed by atoms with van der Waals surface area (Å²) in [6.45, 7) is 3.16. The van der Waals surface area contributed by atoms with Crippen molar-refractivity contribution in [2.75, 3.05) is 13.7 Å². The van der Waals surface area contributed by atoms with Gasteiger partial charge in [-0.15, -0.1) is 0 Å². The van der Waals surface area contributed by atoms with Crippen molar-refractivity contribution in [2.24, 2.45) is 7.05 Å². The summed E-state index contributed by atoms with van der Waals surface area (Å²) in [5, 5.41) is 7.83. The maximum absolute atomic E-state index is 5.45. The lowest BCUT2D eigenvalue weighted by Gasteiger charge is -2.21. The van der Waals surface area contributed by atoms with Crippen LogP contribution in [0.15, 0.2) is 30.7 Å². The Morgan fingerprint density at radius 3 is 2.86 bits per heavy atom. The molecule has 0 aromatic carbocycles. The highest BCUT2D eigenvalue weighted by molar-refractivity contribution is 5.33. The highest BCUT2D eigenvalue weighted by Gasteiger charge is 2.16. The van der Waals surface area contributed by atoms with Gasteiger partial charge in [-0.3, -0.25) is 9.67 Å². The average Bonchev–Trinajstić information content (AvgIpc) is 2.93.